The number of nitrogens with zero attached hydrogens (tertiary/aromatic N) is 1. The Hall–Kier alpha value is -2.51. The van der Waals surface area contributed by atoms with Crippen molar-refractivity contribution in [3.63, 3.8) is 0 Å². The molecule has 0 radical (unpaired) electrons. The molecule has 0 saturated carbocycles. The predicted molar refractivity (Wildman–Crippen MR) is 88.6 cm³/mol. The molecule has 0 bridgehead atoms. The number of rotatable bonds is 6. The first-order valence-corrected chi connectivity index (χ1v) is 7.53. The molecule has 0 aliphatic heterocycles. The molecule has 1 amide bonds. The van der Waals surface area contributed by atoms with Crippen LogP contribution in [0.25, 0.3) is 0 Å². The molecule has 1 atom stereocenters. The number of carbonyl (C=O) groups is 1. The summed E-state index contributed by atoms with van der Waals surface area (Å²) >= 11 is 5.73. The van der Waals surface area contributed by atoms with Gasteiger partial charge in [-0.1, -0.05) is 29.8 Å². The zero-order chi connectivity index (χ0) is 17.7. The average molecular weight is 353 g/mol. The third kappa shape index (κ3) is 4.74. The van der Waals surface area contributed by atoms with Gasteiger partial charge in [0.05, 0.1) is 12.0 Å². The first-order valence-electron chi connectivity index (χ1n) is 7.15. The molecule has 0 aromatic heterocycles. The van der Waals surface area contributed by atoms with E-state index in [1.165, 1.54) is 24.3 Å². The maximum absolute atomic E-state index is 13.6. The van der Waals surface area contributed by atoms with Gasteiger partial charge in [0.15, 0.2) is 6.54 Å². The summed E-state index contributed by atoms with van der Waals surface area (Å²) in [6, 6.07) is 10.3. The second-order valence-electron chi connectivity index (χ2n) is 5.37. The first-order chi connectivity index (χ1) is 11.4. The van der Waals surface area contributed by atoms with Crippen LogP contribution in [-0.2, 0) is 11.3 Å². The second kappa shape index (κ2) is 7.85. The van der Waals surface area contributed by atoms with Gasteiger partial charge in [-0.2, -0.15) is 0 Å². The van der Waals surface area contributed by atoms with Crippen molar-refractivity contribution in [3.8, 4) is 0 Å². The fraction of sp³-hybridized carbons (Fsp3) is 0.188. The lowest BCUT2D eigenvalue weighted by atomic mass is 10.2. The molecule has 1 unspecified atom stereocenters. The third-order valence-corrected chi connectivity index (χ3v) is 3.58. The standard InChI is InChI=1S/C16H15ClFN3O3/c1-20(9-11-4-2-3-5-13(11)18)10-16(22)19-14-7-6-12(17)8-15(14)21(23)24/h2-8H,9-10H2,1H3,(H,19,22)/p+1. The van der Waals surface area contributed by atoms with Crippen molar-refractivity contribution in [2.75, 3.05) is 18.9 Å². The zero-order valence-electron chi connectivity index (χ0n) is 12.9. The highest BCUT2D eigenvalue weighted by molar-refractivity contribution is 6.31. The molecule has 2 aromatic carbocycles. The number of nitrogens with one attached hydrogen (secondary N) is 2. The van der Waals surface area contributed by atoms with E-state index in [1.54, 1.807) is 25.2 Å². The highest BCUT2D eigenvalue weighted by Gasteiger charge is 2.19. The minimum atomic E-state index is -0.614. The number of carbonyl (C=O) groups excluding carboxylic acids is 1. The highest BCUT2D eigenvalue weighted by atomic mass is 35.5. The molecule has 8 heteroatoms. The lowest BCUT2D eigenvalue weighted by Crippen LogP contribution is -3.08. The predicted octanol–water partition coefficient (Wildman–Crippen LogP) is 2.04. The maximum Gasteiger partial charge on any atom is 0.294 e. The normalized spacial score (nSPS) is 11.8. The van der Waals surface area contributed by atoms with E-state index in [1.807, 2.05) is 0 Å². The quantitative estimate of drug-likeness (QED) is 0.617. The molecule has 0 heterocycles. The van der Waals surface area contributed by atoms with E-state index < -0.39 is 10.8 Å². The van der Waals surface area contributed by atoms with Gasteiger partial charge in [0.2, 0.25) is 0 Å². The topological polar surface area (TPSA) is 76.7 Å². The van der Waals surface area contributed by atoms with Crippen molar-refractivity contribution in [2.24, 2.45) is 0 Å². The summed E-state index contributed by atoms with van der Waals surface area (Å²) in [7, 11) is 1.74. The van der Waals surface area contributed by atoms with Gasteiger partial charge >= 0.3 is 0 Å². The van der Waals surface area contributed by atoms with E-state index in [9.17, 15) is 19.3 Å². The molecule has 2 N–H and O–H groups in total. The average Bonchev–Trinajstić information content (AvgIpc) is 2.51. The third-order valence-electron chi connectivity index (χ3n) is 3.34. The van der Waals surface area contributed by atoms with Crippen LogP contribution in [-0.4, -0.2) is 24.4 Å². The lowest BCUT2D eigenvalue weighted by molar-refractivity contribution is -0.885. The number of nitro benzene ring substituents is 1. The number of likely N-dealkylation sites (N-methyl/N-ethyl adjacent to an activating group) is 1. The van der Waals surface area contributed by atoms with Gasteiger partial charge < -0.3 is 10.2 Å². The molecule has 2 rings (SSSR count). The number of amides is 1. The number of hydrogen-bond donors (Lipinski definition) is 2. The fourth-order valence-corrected chi connectivity index (χ4v) is 2.43. The van der Waals surface area contributed by atoms with Crippen LogP contribution in [0, 0.1) is 15.9 Å². The Balaban J connectivity index is 2.01. The minimum Gasteiger partial charge on any atom is -0.326 e. The lowest BCUT2D eigenvalue weighted by Gasteiger charge is -2.14. The minimum absolute atomic E-state index is 0.0358. The van der Waals surface area contributed by atoms with Crippen molar-refractivity contribution in [3.05, 3.63) is 69.0 Å². The van der Waals surface area contributed by atoms with E-state index in [2.05, 4.69) is 5.32 Å². The van der Waals surface area contributed by atoms with E-state index in [-0.39, 0.29) is 28.8 Å². The summed E-state index contributed by atoms with van der Waals surface area (Å²) in [5, 5.41) is 13.7. The second-order valence-corrected chi connectivity index (χ2v) is 5.81. The van der Waals surface area contributed by atoms with Gasteiger partial charge in [0.25, 0.3) is 11.6 Å². The summed E-state index contributed by atoms with van der Waals surface area (Å²) in [6.07, 6.45) is 0. The smallest absolute Gasteiger partial charge is 0.294 e. The van der Waals surface area contributed by atoms with E-state index >= 15 is 0 Å². The number of halogens is 2. The molecular formula is C16H16ClFN3O3+. The van der Waals surface area contributed by atoms with Crippen molar-refractivity contribution in [2.45, 2.75) is 6.54 Å². The molecule has 0 fully saturated rings. The number of nitro groups is 1. The molecule has 0 aliphatic carbocycles. The van der Waals surface area contributed by atoms with Crippen LogP contribution in [0.1, 0.15) is 5.56 Å². The van der Waals surface area contributed by atoms with Crippen LogP contribution in [0.15, 0.2) is 42.5 Å². The molecule has 0 saturated heterocycles. The van der Waals surface area contributed by atoms with Crippen molar-refractivity contribution >= 4 is 28.9 Å². The Morgan fingerprint density at radius 3 is 2.71 bits per heavy atom. The van der Waals surface area contributed by atoms with Crippen LogP contribution >= 0.6 is 11.6 Å². The van der Waals surface area contributed by atoms with Gasteiger partial charge in [-0.3, -0.25) is 14.9 Å². The Bertz CT molecular complexity index is 770. The zero-order valence-corrected chi connectivity index (χ0v) is 13.6. The largest absolute Gasteiger partial charge is 0.326 e. The molecule has 0 spiro atoms. The molecular weight excluding hydrogens is 337 g/mol. The molecule has 0 aliphatic rings. The Labute approximate surface area is 143 Å². The summed E-state index contributed by atoms with van der Waals surface area (Å²) < 4.78 is 13.6. The van der Waals surface area contributed by atoms with Crippen LogP contribution in [0.5, 0.6) is 0 Å². The van der Waals surface area contributed by atoms with Gasteiger partial charge in [0, 0.05) is 16.7 Å². The SMILES string of the molecule is C[NH+](CC(=O)Nc1ccc(Cl)cc1[N+](=O)[O-])Cc1ccccc1F. The number of hydrogen-bond acceptors (Lipinski definition) is 3. The number of quaternary nitrogens is 1. The number of anilines is 1. The summed E-state index contributed by atoms with van der Waals surface area (Å²) in [5.74, 6) is -0.736. The van der Waals surface area contributed by atoms with E-state index in [0.29, 0.717) is 12.1 Å². The van der Waals surface area contributed by atoms with Crippen LogP contribution in [0.3, 0.4) is 0 Å². The van der Waals surface area contributed by atoms with Crippen LogP contribution in [0.2, 0.25) is 5.02 Å². The Morgan fingerprint density at radius 1 is 1.33 bits per heavy atom. The monoisotopic (exact) mass is 352 g/mol. The molecule has 24 heavy (non-hydrogen) atoms. The fourth-order valence-electron chi connectivity index (χ4n) is 2.26. The van der Waals surface area contributed by atoms with Crippen LogP contribution in [0.4, 0.5) is 15.8 Å². The Kier molecular flexibility index (Phi) is 5.83. The Morgan fingerprint density at radius 2 is 2.04 bits per heavy atom. The van der Waals surface area contributed by atoms with Crippen LogP contribution < -0.4 is 10.2 Å². The van der Waals surface area contributed by atoms with Gasteiger partial charge in [-0.05, 0) is 18.2 Å². The highest BCUT2D eigenvalue weighted by Crippen LogP contribution is 2.27. The maximum atomic E-state index is 13.6. The van der Waals surface area contributed by atoms with Crippen molar-refractivity contribution < 1.29 is 19.0 Å². The molecule has 6 nitrogen and oxygen atoms in total. The molecule has 2 aromatic rings. The molecule has 126 valence electrons. The van der Waals surface area contributed by atoms with Gasteiger partial charge in [-0.25, -0.2) is 4.39 Å². The van der Waals surface area contributed by atoms with Crippen molar-refractivity contribution in [1.82, 2.24) is 0 Å². The summed E-state index contributed by atoms with van der Waals surface area (Å²) in [5.41, 5.74) is 0.302. The van der Waals surface area contributed by atoms with E-state index in [0.717, 1.165) is 4.90 Å². The van der Waals surface area contributed by atoms with Gasteiger partial charge in [0.1, 0.15) is 18.0 Å². The van der Waals surface area contributed by atoms with Gasteiger partial charge in [-0.15, -0.1) is 0 Å². The summed E-state index contributed by atoms with van der Waals surface area (Å²) in [6.45, 7) is 0.358. The number of benzene rings is 2. The van der Waals surface area contributed by atoms with Crippen molar-refractivity contribution in [1.29, 1.82) is 0 Å². The summed E-state index contributed by atoms with van der Waals surface area (Å²) in [4.78, 5) is 23.2. The first kappa shape index (κ1) is 17.8. The van der Waals surface area contributed by atoms with E-state index in [4.69, 9.17) is 11.6 Å².